The van der Waals surface area contributed by atoms with Crippen molar-refractivity contribution in [2.24, 2.45) is 5.41 Å². The van der Waals surface area contributed by atoms with Crippen LogP contribution in [-0.4, -0.2) is 16.1 Å². The monoisotopic (exact) mass is 408 g/mol. The SMILES string of the molecule is Cc1cc2c(cc1N1[C@@H](C)C3(C)CCC1(C)CC3)c1ccccc1n2-c1ccccc1. The zero-order valence-electron chi connectivity index (χ0n) is 19.2. The molecule has 2 nitrogen and oxygen atoms in total. The number of anilines is 1. The molecule has 31 heavy (non-hydrogen) atoms. The third-order valence-electron chi connectivity index (χ3n) is 8.71. The fourth-order valence-electron chi connectivity index (χ4n) is 6.52. The molecule has 2 saturated heterocycles. The zero-order valence-corrected chi connectivity index (χ0v) is 19.2. The Hall–Kier alpha value is -2.74. The zero-order chi connectivity index (χ0) is 21.4. The fourth-order valence-corrected chi connectivity index (χ4v) is 6.52. The Kier molecular flexibility index (Phi) is 3.91. The van der Waals surface area contributed by atoms with Gasteiger partial charge >= 0.3 is 0 Å². The fraction of sp³-hybridized carbons (Fsp3) is 0.379. The van der Waals surface area contributed by atoms with E-state index in [1.54, 1.807) is 0 Å². The van der Waals surface area contributed by atoms with Gasteiger partial charge < -0.3 is 9.47 Å². The van der Waals surface area contributed by atoms with Crippen molar-refractivity contribution >= 4 is 27.5 Å². The Morgan fingerprint density at radius 1 is 0.774 bits per heavy atom. The summed E-state index contributed by atoms with van der Waals surface area (Å²) in [5, 5.41) is 2.70. The second kappa shape index (κ2) is 6.38. The summed E-state index contributed by atoms with van der Waals surface area (Å²) in [7, 11) is 0. The minimum Gasteiger partial charge on any atom is -0.363 e. The second-order valence-electron chi connectivity index (χ2n) is 10.5. The van der Waals surface area contributed by atoms with Crippen LogP contribution in [-0.2, 0) is 0 Å². The number of nitrogens with zero attached hydrogens (tertiary/aromatic N) is 2. The summed E-state index contributed by atoms with van der Waals surface area (Å²) in [6.45, 7) is 9.79. The Morgan fingerprint density at radius 2 is 1.45 bits per heavy atom. The van der Waals surface area contributed by atoms with E-state index >= 15 is 0 Å². The first-order valence-electron chi connectivity index (χ1n) is 11.8. The number of aromatic nitrogens is 1. The van der Waals surface area contributed by atoms with Crippen LogP contribution in [0.1, 0.15) is 52.0 Å². The van der Waals surface area contributed by atoms with Crippen molar-refractivity contribution in [3.63, 3.8) is 0 Å². The second-order valence-corrected chi connectivity index (χ2v) is 10.5. The minimum atomic E-state index is 0.271. The van der Waals surface area contributed by atoms with Crippen molar-refractivity contribution < 1.29 is 0 Å². The average Bonchev–Trinajstić information content (AvgIpc) is 3.09. The van der Waals surface area contributed by atoms with Crippen molar-refractivity contribution in [3.05, 3.63) is 72.3 Å². The molecular weight excluding hydrogens is 376 g/mol. The third-order valence-corrected chi connectivity index (χ3v) is 8.71. The van der Waals surface area contributed by atoms with Gasteiger partial charge in [-0.15, -0.1) is 0 Å². The standard InChI is InChI=1S/C29H32N2/c1-20-18-27-24(19-26(20)31-21(2)28(3)14-16-29(31,4)17-15-28)23-12-8-9-13-25(23)30(27)22-10-6-5-7-11-22/h5-13,18-19,21H,14-17H2,1-4H3/t21-,28?,29?/m0/s1. The highest BCUT2D eigenvalue weighted by molar-refractivity contribution is 6.10. The van der Waals surface area contributed by atoms with Gasteiger partial charge in [-0.3, -0.25) is 0 Å². The predicted octanol–water partition coefficient (Wildman–Crippen LogP) is 7.64. The number of benzene rings is 3. The van der Waals surface area contributed by atoms with Crippen molar-refractivity contribution in [1.29, 1.82) is 0 Å². The molecule has 1 saturated carbocycles. The number of hydrogen-bond donors (Lipinski definition) is 0. The van der Waals surface area contributed by atoms with Gasteiger partial charge in [0.05, 0.1) is 11.0 Å². The van der Waals surface area contributed by atoms with E-state index in [1.165, 1.54) is 64.4 Å². The van der Waals surface area contributed by atoms with Gasteiger partial charge in [-0.2, -0.15) is 0 Å². The van der Waals surface area contributed by atoms with Gasteiger partial charge in [0.25, 0.3) is 0 Å². The quantitative estimate of drug-likeness (QED) is 0.331. The predicted molar refractivity (Wildman–Crippen MR) is 132 cm³/mol. The van der Waals surface area contributed by atoms with Crippen LogP contribution >= 0.6 is 0 Å². The maximum atomic E-state index is 2.80. The van der Waals surface area contributed by atoms with Crippen molar-refractivity contribution in [1.82, 2.24) is 4.57 Å². The molecule has 158 valence electrons. The number of aryl methyl sites for hydroxylation is 1. The van der Waals surface area contributed by atoms with E-state index in [9.17, 15) is 0 Å². The maximum absolute atomic E-state index is 2.80. The molecule has 0 radical (unpaired) electrons. The number of para-hydroxylation sites is 2. The van der Waals surface area contributed by atoms with Gasteiger partial charge in [0.15, 0.2) is 0 Å². The topological polar surface area (TPSA) is 8.17 Å². The molecule has 0 N–H and O–H groups in total. The van der Waals surface area contributed by atoms with Gasteiger partial charge in [-0.25, -0.2) is 0 Å². The minimum absolute atomic E-state index is 0.271. The first kappa shape index (κ1) is 19.0. The molecule has 1 aromatic heterocycles. The molecule has 0 unspecified atom stereocenters. The number of fused-ring (bicyclic) bond motifs is 6. The van der Waals surface area contributed by atoms with E-state index in [-0.39, 0.29) is 5.54 Å². The van der Waals surface area contributed by atoms with Gasteiger partial charge in [0.2, 0.25) is 0 Å². The lowest BCUT2D eigenvalue weighted by molar-refractivity contribution is 0.0509. The molecule has 2 heteroatoms. The molecule has 1 aliphatic carbocycles. The summed E-state index contributed by atoms with van der Waals surface area (Å²) in [6.07, 6.45) is 5.32. The molecular formula is C29H32N2. The third kappa shape index (κ3) is 2.57. The van der Waals surface area contributed by atoms with E-state index in [0.717, 1.165) is 0 Å². The molecule has 1 atom stereocenters. The Bertz CT molecular complexity index is 1290. The van der Waals surface area contributed by atoms with E-state index in [4.69, 9.17) is 0 Å². The van der Waals surface area contributed by atoms with Gasteiger partial charge in [0.1, 0.15) is 0 Å². The number of piperidine rings is 2. The van der Waals surface area contributed by atoms with Crippen molar-refractivity contribution in [2.75, 3.05) is 4.90 Å². The molecule has 2 bridgehead atoms. The van der Waals surface area contributed by atoms with Crippen LogP contribution < -0.4 is 4.90 Å². The van der Waals surface area contributed by atoms with Crippen molar-refractivity contribution in [2.45, 2.75) is 65.0 Å². The molecule has 0 amide bonds. The highest BCUT2D eigenvalue weighted by Gasteiger charge is 2.53. The summed E-state index contributed by atoms with van der Waals surface area (Å²) in [5.74, 6) is 0. The maximum Gasteiger partial charge on any atom is 0.0545 e. The molecule has 2 aliphatic heterocycles. The molecule has 3 fully saturated rings. The molecule has 7 rings (SSSR count). The smallest absolute Gasteiger partial charge is 0.0545 e. The largest absolute Gasteiger partial charge is 0.363 e. The van der Waals surface area contributed by atoms with Crippen LogP contribution in [0, 0.1) is 12.3 Å². The van der Waals surface area contributed by atoms with Crippen LogP contribution in [0.25, 0.3) is 27.5 Å². The van der Waals surface area contributed by atoms with Crippen LogP contribution in [0.2, 0.25) is 0 Å². The number of rotatable bonds is 2. The Labute approximate surface area is 185 Å². The van der Waals surface area contributed by atoms with Gasteiger partial charge in [-0.05, 0) is 87.8 Å². The van der Waals surface area contributed by atoms with Crippen LogP contribution in [0.3, 0.4) is 0 Å². The summed E-state index contributed by atoms with van der Waals surface area (Å²) < 4.78 is 2.43. The first-order chi connectivity index (χ1) is 14.9. The highest BCUT2D eigenvalue weighted by atomic mass is 15.3. The van der Waals surface area contributed by atoms with Gasteiger partial charge in [-0.1, -0.05) is 43.3 Å². The molecule has 3 aliphatic rings. The molecule has 3 heterocycles. The average molecular weight is 409 g/mol. The summed E-state index contributed by atoms with van der Waals surface area (Å²) in [5.41, 5.74) is 7.34. The van der Waals surface area contributed by atoms with E-state index in [2.05, 4.69) is 104 Å². The molecule has 3 aromatic carbocycles. The highest BCUT2D eigenvalue weighted by Crippen LogP contribution is 2.55. The van der Waals surface area contributed by atoms with E-state index < -0.39 is 0 Å². The van der Waals surface area contributed by atoms with Gasteiger partial charge in [0, 0.05) is 33.7 Å². The first-order valence-corrected chi connectivity index (χ1v) is 11.8. The van der Waals surface area contributed by atoms with Crippen molar-refractivity contribution in [3.8, 4) is 5.69 Å². The Balaban J connectivity index is 1.63. The lowest BCUT2D eigenvalue weighted by Crippen LogP contribution is -2.65. The summed E-state index contributed by atoms with van der Waals surface area (Å²) in [6, 6.07) is 25.1. The van der Waals surface area contributed by atoms with Crippen LogP contribution in [0.5, 0.6) is 0 Å². The summed E-state index contributed by atoms with van der Waals surface area (Å²) in [4.78, 5) is 2.80. The molecule has 0 spiro atoms. The van der Waals surface area contributed by atoms with Crippen LogP contribution in [0.4, 0.5) is 5.69 Å². The summed E-state index contributed by atoms with van der Waals surface area (Å²) >= 11 is 0. The lowest BCUT2D eigenvalue weighted by atomic mass is 9.59. The van der Waals surface area contributed by atoms with E-state index in [0.29, 0.717) is 11.5 Å². The lowest BCUT2D eigenvalue weighted by Gasteiger charge is -2.63. The van der Waals surface area contributed by atoms with E-state index in [1.807, 2.05) is 0 Å². The Morgan fingerprint density at radius 3 is 2.19 bits per heavy atom. The number of hydrogen-bond acceptors (Lipinski definition) is 1. The van der Waals surface area contributed by atoms with Crippen LogP contribution in [0.15, 0.2) is 66.7 Å². The molecule has 4 aromatic rings. The normalized spacial score (nSPS) is 28.0.